The zero-order chi connectivity index (χ0) is 13.7. The molecule has 2 bridgehead atoms. The maximum Gasteiger partial charge on any atom is 0.410 e. The Labute approximate surface area is 106 Å². The topological polar surface area (TPSA) is 87.1 Å². The first-order valence-corrected chi connectivity index (χ1v) is 6.11. The minimum absolute atomic E-state index is 0.0774. The zero-order valence-corrected chi connectivity index (χ0v) is 10.8. The second-order valence-corrected chi connectivity index (χ2v) is 6.06. The fourth-order valence-corrected chi connectivity index (χ4v) is 2.83. The minimum atomic E-state index is -1.39. The number of hydrogen-bond acceptors (Lipinski definition) is 4. The largest absolute Gasteiger partial charge is 0.479 e. The highest BCUT2D eigenvalue weighted by Gasteiger charge is 2.58. The fourth-order valence-electron chi connectivity index (χ4n) is 2.83. The molecule has 6 heteroatoms. The van der Waals surface area contributed by atoms with Crippen LogP contribution in [0.2, 0.25) is 0 Å². The van der Waals surface area contributed by atoms with Gasteiger partial charge in [-0.3, -0.25) is 0 Å². The molecule has 0 aromatic rings. The van der Waals surface area contributed by atoms with Gasteiger partial charge in [-0.1, -0.05) is 0 Å². The van der Waals surface area contributed by atoms with Crippen molar-refractivity contribution in [2.45, 2.75) is 44.9 Å². The predicted molar refractivity (Wildman–Crippen MR) is 62.0 cm³/mol. The molecule has 0 spiro atoms. The van der Waals surface area contributed by atoms with Gasteiger partial charge in [0.2, 0.25) is 0 Å². The Hall–Kier alpha value is -1.30. The Morgan fingerprint density at radius 2 is 2.00 bits per heavy atom. The van der Waals surface area contributed by atoms with Crippen molar-refractivity contribution in [2.75, 3.05) is 6.54 Å². The van der Waals surface area contributed by atoms with Gasteiger partial charge in [0.25, 0.3) is 0 Å². The van der Waals surface area contributed by atoms with Crippen LogP contribution < -0.4 is 0 Å². The number of aliphatic carboxylic acids is 1. The van der Waals surface area contributed by atoms with E-state index in [1.807, 2.05) is 0 Å². The molecule has 2 aliphatic heterocycles. The summed E-state index contributed by atoms with van der Waals surface area (Å²) in [5, 5.41) is 18.4. The SMILES string of the molecule is CC(C)(C)OC(=O)N1C[C@@H]2C[C@H]1C2C(O)C(=O)O. The van der Waals surface area contributed by atoms with Crippen molar-refractivity contribution in [3.8, 4) is 0 Å². The fraction of sp³-hybridized carbons (Fsp3) is 0.833. The number of rotatable bonds is 2. The minimum Gasteiger partial charge on any atom is -0.479 e. The molecule has 0 aromatic heterocycles. The summed E-state index contributed by atoms with van der Waals surface area (Å²) in [4.78, 5) is 24.2. The summed E-state index contributed by atoms with van der Waals surface area (Å²) in [7, 11) is 0. The first-order valence-electron chi connectivity index (χ1n) is 6.11. The third kappa shape index (κ3) is 2.16. The molecule has 4 atom stereocenters. The number of aliphatic hydroxyl groups is 1. The van der Waals surface area contributed by atoms with Crippen molar-refractivity contribution in [1.82, 2.24) is 4.90 Å². The van der Waals surface area contributed by atoms with E-state index in [1.165, 1.54) is 0 Å². The Morgan fingerprint density at radius 1 is 1.39 bits per heavy atom. The average molecular weight is 257 g/mol. The highest BCUT2D eigenvalue weighted by Crippen LogP contribution is 2.48. The first kappa shape index (κ1) is 13.1. The highest BCUT2D eigenvalue weighted by molar-refractivity contribution is 5.74. The molecule has 2 heterocycles. The van der Waals surface area contributed by atoms with E-state index >= 15 is 0 Å². The lowest BCUT2D eigenvalue weighted by molar-refractivity contribution is -0.153. The van der Waals surface area contributed by atoms with Crippen molar-refractivity contribution in [2.24, 2.45) is 11.8 Å². The molecule has 0 aromatic carbocycles. The number of carboxylic acids is 1. The van der Waals surface area contributed by atoms with Crippen LogP contribution in [0.3, 0.4) is 0 Å². The predicted octanol–water partition coefficient (Wildman–Crippen LogP) is 0.687. The van der Waals surface area contributed by atoms with E-state index in [1.54, 1.807) is 25.7 Å². The van der Waals surface area contributed by atoms with Gasteiger partial charge in [0.05, 0.1) is 0 Å². The van der Waals surface area contributed by atoms with Crippen LogP contribution in [-0.2, 0) is 9.53 Å². The molecule has 2 saturated heterocycles. The summed E-state index contributed by atoms with van der Waals surface area (Å²) in [6.07, 6.45) is -1.05. The van der Waals surface area contributed by atoms with Gasteiger partial charge in [0.15, 0.2) is 6.10 Å². The molecule has 2 N–H and O–H groups in total. The van der Waals surface area contributed by atoms with Crippen LogP contribution in [-0.4, -0.2) is 51.5 Å². The Kier molecular flexibility index (Phi) is 3.01. The summed E-state index contributed by atoms with van der Waals surface area (Å²) in [6.45, 7) is 5.84. The van der Waals surface area contributed by atoms with Gasteiger partial charge in [-0.05, 0) is 33.1 Å². The quantitative estimate of drug-likeness (QED) is 0.760. The number of aliphatic hydroxyl groups excluding tert-OH is 1. The van der Waals surface area contributed by atoms with E-state index < -0.39 is 23.8 Å². The molecular weight excluding hydrogens is 238 g/mol. The van der Waals surface area contributed by atoms with E-state index in [0.717, 1.165) is 6.42 Å². The number of carbonyl (C=O) groups excluding carboxylic acids is 1. The number of fused-ring (bicyclic) bond motifs is 1. The smallest absolute Gasteiger partial charge is 0.410 e. The summed E-state index contributed by atoms with van der Waals surface area (Å²) in [5.74, 6) is -1.50. The summed E-state index contributed by atoms with van der Waals surface area (Å²) < 4.78 is 5.27. The zero-order valence-electron chi connectivity index (χ0n) is 10.8. The van der Waals surface area contributed by atoms with Gasteiger partial charge < -0.3 is 19.8 Å². The number of carboxylic acid groups (broad SMARTS) is 1. The van der Waals surface area contributed by atoms with Crippen molar-refractivity contribution < 1.29 is 24.5 Å². The first-order chi connectivity index (χ1) is 8.20. The Balaban J connectivity index is 2.00. The monoisotopic (exact) mass is 257 g/mol. The van der Waals surface area contributed by atoms with Crippen molar-refractivity contribution >= 4 is 12.1 Å². The van der Waals surface area contributed by atoms with Gasteiger partial charge in [-0.15, -0.1) is 0 Å². The third-order valence-electron chi connectivity index (χ3n) is 3.61. The molecule has 3 aliphatic rings. The molecule has 3 fully saturated rings. The van der Waals surface area contributed by atoms with Crippen molar-refractivity contribution in [1.29, 1.82) is 0 Å². The van der Waals surface area contributed by atoms with Crippen LogP contribution in [0.1, 0.15) is 27.2 Å². The van der Waals surface area contributed by atoms with Gasteiger partial charge in [-0.2, -0.15) is 0 Å². The van der Waals surface area contributed by atoms with Crippen LogP contribution in [0.15, 0.2) is 0 Å². The number of carbonyl (C=O) groups is 2. The Bertz CT molecular complexity index is 375. The molecule has 3 rings (SSSR count). The molecule has 1 amide bonds. The second-order valence-electron chi connectivity index (χ2n) is 6.06. The normalized spacial score (nSPS) is 31.8. The molecular formula is C12H19NO5. The van der Waals surface area contributed by atoms with Crippen LogP contribution in [0.5, 0.6) is 0 Å². The van der Waals surface area contributed by atoms with E-state index in [9.17, 15) is 14.7 Å². The maximum atomic E-state index is 11.9. The van der Waals surface area contributed by atoms with Gasteiger partial charge in [0.1, 0.15) is 5.60 Å². The van der Waals surface area contributed by atoms with Crippen molar-refractivity contribution in [3.63, 3.8) is 0 Å². The number of nitrogens with zero attached hydrogens (tertiary/aromatic N) is 1. The maximum absolute atomic E-state index is 11.9. The molecule has 0 radical (unpaired) electrons. The number of hydrogen-bond donors (Lipinski definition) is 2. The molecule has 6 nitrogen and oxygen atoms in total. The molecule has 1 saturated carbocycles. The highest BCUT2D eigenvalue weighted by atomic mass is 16.6. The molecule has 102 valence electrons. The summed E-state index contributed by atoms with van der Waals surface area (Å²) >= 11 is 0. The van der Waals surface area contributed by atoms with Crippen LogP contribution in [0.4, 0.5) is 4.79 Å². The summed E-state index contributed by atoms with van der Waals surface area (Å²) in [6, 6.07) is -0.198. The van der Waals surface area contributed by atoms with Crippen LogP contribution >= 0.6 is 0 Å². The van der Waals surface area contributed by atoms with Crippen LogP contribution in [0.25, 0.3) is 0 Å². The molecule has 2 unspecified atom stereocenters. The lowest BCUT2D eigenvalue weighted by atomic mass is 9.70. The van der Waals surface area contributed by atoms with Crippen LogP contribution in [0, 0.1) is 11.8 Å². The molecule has 18 heavy (non-hydrogen) atoms. The van der Waals surface area contributed by atoms with E-state index in [2.05, 4.69) is 0 Å². The standard InChI is InChI=1S/C12H19NO5/c1-12(2,3)18-11(17)13-5-6-4-7(13)8(6)9(14)10(15)16/h6-9,14H,4-5H2,1-3H3,(H,15,16)/t6-,7-,8?,9?/m0/s1. The molecule has 1 aliphatic carbocycles. The van der Waals surface area contributed by atoms with Gasteiger partial charge in [0, 0.05) is 18.5 Å². The van der Waals surface area contributed by atoms with E-state index in [0.29, 0.717) is 6.54 Å². The van der Waals surface area contributed by atoms with E-state index in [4.69, 9.17) is 9.84 Å². The van der Waals surface area contributed by atoms with Gasteiger partial charge >= 0.3 is 12.1 Å². The lowest BCUT2D eigenvalue weighted by Crippen LogP contribution is -2.50. The third-order valence-corrected chi connectivity index (χ3v) is 3.61. The number of ether oxygens (including phenoxy) is 1. The van der Waals surface area contributed by atoms with Crippen molar-refractivity contribution in [3.05, 3.63) is 0 Å². The Morgan fingerprint density at radius 3 is 2.50 bits per heavy atom. The second kappa shape index (κ2) is 4.12. The lowest BCUT2D eigenvalue weighted by Gasteiger charge is -2.38. The van der Waals surface area contributed by atoms with Gasteiger partial charge in [-0.25, -0.2) is 9.59 Å². The van der Waals surface area contributed by atoms with E-state index in [-0.39, 0.29) is 17.9 Å². The summed E-state index contributed by atoms with van der Waals surface area (Å²) in [5.41, 5.74) is -0.565. The average Bonchev–Trinajstić information content (AvgIpc) is 2.71. The number of amides is 1.